The number of anilines is 1. The van der Waals surface area contributed by atoms with E-state index in [4.69, 9.17) is 16.0 Å². The van der Waals surface area contributed by atoms with Gasteiger partial charge in [0.2, 0.25) is 5.58 Å². The van der Waals surface area contributed by atoms with Crippen molar-refractivity contribution in [2.24, 2.45) is 0 Å². The standard InChI is InChI=1S/C26H30ClN2O/c1-5-7-17-29-21-16-15-19(27)18-20(21)26(3,4)24(29)13-10-14-25-28(6-2)22-11-8-9-12-23(22)30-25/h8-16,18H,5-7,17H2,1-4H3/q+1. The van der Waals surface area contributed by atoms with Gasteiger partial charge in [-0.1, -0.05) is 57.0 Å². The van der Waals surface area contributed by atoms with Crippen molar-refractivity contribution in [3.63, 3.8) is 0 Å². The topological polar surface area (TPSA) is 20.3 Å². The van der Waals surface area contributed by atoms with E-state index >= 15 is 0 Å². The van der Waals surface area contributed by atoms with E-state index in [-0.39, 0.29) is 5.41 Å². The molecule has 0 radical (unpaired) electrons. The minimum absolute atomic E-state index is 0.104. The summed E-state index contributed by atoms with van der Waals surface area (Å²) in [5, 5.41) is 0.792. The average Bonchev–Trinajstić information content (AvgIpc) is 3.19. The second-order valence-electron chi connectivity index (χ2n) is 8.35. The maximum Gasteiger partial charge on any atom is 0.374 e. The number of fused-ring (bicyclic) bond motifs is 2. The van der Waals surface area contributed by atoms with Crippen molar-refractivity contribution in [1.29, 1.82) is 0 Å². The van der Waals surface area contributed by atoms with Crippen LogP contribution in [-0.4, -0.2) is 6.54 Å². The molecule has 0 saturated heterocycles. The molecule has 2 heterocycles. The van der Waals surface area contributed by atoms with Gasteiger partial charge < -0.3 is 9.32 Å². The second-order valence-corrected chi connectivity index (χ2v) is 8.79. The number of aryl methyl sites for hydroxylation is 1. The quantitative estimate of drug-likeness (QED) is 0.404. The molecule has 0 saturated carbocycles. The number of hydrogen-bond acceptors (Lipinski definition) is 2. The first-order valence-electron chi connectivity index (χ1n) is 10.8. The molecule has 4 rings (SSSR count). The zero-order chi connectivity index (χ0) is 21.3. The summed E-state index contributed by atoms with van der Waals surface area (Å²) in [5.41, 5.74) is 5.79. The summed E-state index contributed by atoms with van der Waals surface area (Å²) in [6.45, 7) is 10.8. The van der Waals surface area contributed by atoms with Gasteiger partial charge in [-0.05, 0) is 49.2 Å². The van der Waals surface area contributed by atoms with Crippen LogP contribution in [0, 0.1) is 0 Å². The maximum atomic E-state index is 6.34. The third kappa shape index (κ3) is 3.56. The van der Waals surface area contributed by atoms with Gasteiger partial charge in [0.05, 0.1) is 6.08 Å². The molecular weight excluding hydrogens is 392 g/mol. The Morgan fingerprint density at radius 3 is 2.70 bits per heavy atom. The molecule has 0 bridgehead atoms. The van der Waals surface area contributed by atoms with Gasteiger partial charge in [-0.2, -0.15) is 4.57 Å². The summed E-state index contributed by atoms with van der Waals surface area (Å²) >= 11 is 6.34. The highest BCUT2D eigenvalue weighted by Gasteiger charge is 2.39. The van der Waals surface area contributed by atoms with E-state index in [1.54, 1.807) is 0 Å². The van der Waals surface area contributed by atoms with Crippen LogP contribution in [0.25, 0.3) is 17.2 Å². The van der Waals surface area contributed by atoms with Gasteiger partial charge in [0, 0.05) is 34.4 Å². The highest BCUT2D eigenvalue weighted by atomic mass is 35.5. The maximum absolute atomic E-state index is 6.34. The lowest BCUT2D eigenvalue weighted by atomic mass is 9.83. The average molecular weight is 422 g/mol. The monoisotopic (exact) mass is 421 g/mol. The predicted octanol–water partition coefficient (Wildman–Crippen LogP) is 6.89. The summed E-state index contributed by atoms with van der Waals surface area (Å²) < 4.78 is 8.29. The summed E-state index contributed by atoms with van der Waals surface area (Å²) in [4.78, 5) is 2.45. The second kappa shape index (κ2) is 8.31. The van der Waals surface area contributed by atoms with Gasteiger partial charge >= 0.3 is 5.89 Å². The number of oxazole rings is 1. The molecule has 3 nitrogen and oxygen atoms in total. The number of allylic oxidation sites excluding steroid dienone is 3. The lowest BCUT2D eigenvalue weighted by Crippen LogP contribution is -2.33. The SMILES string of the molecule is CCCCN1C(=CC=Cc2oc3ccccc3[n+]2CC)C(C)(C)c2cc(Cl)ccc21. The molecule has 0 amide bonds. The molecule has 156 valence electrons. The Bertz CT molecular complexity index is 1120. The van der Waals surface area contributed by atoms with Gasteiger partial charge in [0.1, 0.15) is 6.54 Å². The van der Waals surface area contributed by atoms with Crippen molar-refractivity contribution in [3.05, 3.63) is 76.8 Å². The van der Waals surface area contributed by atoms with Crippen LogP contribution in [0.1, 0.15) is 52.0 Å². The molecule has 30 heavy (non-hydrogen) atoms. The molecule has 0 fully saturated rings. The van der Waals surface area contributed by atoms with E-state index in [0.717, 1.165) is 41.5 Å². The number of halogens is 1. The normalized spacial score (nSPS) is 16.8. The van der Waals surface area contributed by atoms with Gasteiger partial charge in [-0.15, -0.1) is 0 Å². The fraction of sp³-hybridized carbons (Fsp3) is 0.346. The molecular formula is C26H30ClN2O+. The number of benzene rings is 2. The molecule has 0 aliphatic carbocycles. The number of aromatic nitrogens is 1. The minimum Gasteiger partial charge on any atom is -0.398 e. The fourth-order valence-corrected chi connectivity index (χ4v) is 4.60. The Morgan fingerprint density at radius 2 is 1.93 bits per heavy atom. The summed E-state index contributed by atoms with van der Waals surface area (Å²) in [7, 11) is 0. The highest BCUT2D eigenvalue weighted by Crippen LogP contribution is 2.48. The van der Waals surface area contributed by atoms with Crippen LogP contribution in [0.3, 0.4) is 0 Å². The van der Waals surface area contributed by atoms with E-state index in [2.05, 4.69) is 79.7 Å². The summed E-state index contributed by atoms with van der Waals surface area (Å²) in [6, 6.07) is 14.4. The minimum atomic E-state index is -0.104. The zero-order valence-electron chi connectivity index (χ0n) is 18.3. The first-order chi connectivity index (χ1) is 14.5. The van der Waals surface area contributed by atoms with Crippen molar-refractivity contribution in [2.45, 2.75) is 52.5 Å². The molecule has 0 atom stereocenters. The van der Waals surface area contributed by atoms with Crippen LogP contribution < -0.4 is 9.47 Å². The fourth-order valence-electron chi connectivity index (χ4n) is 4.43. The lowest BCUT2D eigenvalue weighted by molar-refractivity contribution is -0.674. The molecule has 0 N–H and O–H groups in total. The first-order valence-corrected chi connectivity index (χ1v) is 11.2. The number of unbranched alkanes of at least 4 members (excludes halogenated alkanes) is 1. The lowest BCUT2D eigenvalue weighted by Gasteiger charge is -2.26. The zero-order valence-corrected chi connectivity index (χ0v) is 19.0. The summed E-state index contributed by atoms with van der Waals surface area (Å²) in [5.74, 6) is 0.868. The molecule has 0 spiro atoms. The van der Waals surface area contributed by atoms with Crippen molar-refractivity contribution in [1.82, 2.24) is 0 Å². The number of para-hydroxylation sites is 2. The summed E-state index contributed by atoms with van der Waals surface area (Å²) in [6.07, 6.45) is 8.74. The van der Waals surface area contributed by atoms with E-state index in [0.29, 0.717) is 0 Å². The van der Waals surface area contributed by atoms with E-state index in [1.165, 1.54) is 23.4 Å². The van der Waals surface area contributed by atoms with Crippen LogP contribution in [0.15, 0.2) is 64.7 Å². The third-order valence-electron chi connectivity index (χ3n) is 6.03. The molecule has 1 aliphatic heterocycles. The van der Waals surface area contributed by atoms with Crippen molar-refractivity contribution < 1.29 is 8.98 Å². The smallest absolute Gasteiger partial charge is 0.374 e. The first kappa shape index (κ1) is 20.7. The van der Waals surface area contributed by atoms with E-state index in [9.17, 15) is 0 Å². The Kier molecular flexibility index (Phi) is 5.75. The Morgan fingerprint density at radius 1 is 1.13 bits per heavy atom. The van der Waals surface area contributed by atoms with Gasteiger partial charge in [-0.25, -0.2) is 0 Å². The van der Waals surface area contributed by atoms with Crippen LogP contribution in [-0.2, 0) is 12.0 Å². The van der Waals surface area contributed by atoms with Crippen molar-refractivity contribution >= 4 is 34.5 Å². The van der Waals surface area contributed by atoms with E-state index < -0.39 is 0 Å². The van der Waals surface area contributed by atoms with Crippen LogP contribution in [0.4, 0.5) is 5.69 Å². The van der Waals surface area contributed by atoms with Gasteiger partial charge in [0.25, 0.3) is 5.52 Å². The Labute approximate surface area is 184 Å². The molecule has 0 unspecified atom stereocenters. The number of hydrogen-bond donors (Lipinski definition) is 0. The Balaban J connectivity index is 1.73. The molecule has 2 aromatic carbocycles. The van der Waals surface area contributed by atoms with Gasteiger partial charge in [0.15, 0.2) is 0 Å². The van der Waals surface area contributed by atoms with Gasteiger partial charge in [-0.3, -0.25) is 0 Å². The van der Waals surface area contributed by atoms with Crippen LogP contribution in [0.2, 0.25) is 5.02 Å². The van der Waals surface area contributed by atoms with Crippen molar-refractivity contribution in [2.75, 3.05) is 11.4 Å². The van der Waals surface area contributed by atoms with Crippen LogP contribution >= 0.6 is 11.6 Å². The van der Waals surface area contributed by atoms with Crippen LogP contribution in [0.5, 0.6) is 0 Å². The van der Waals surface area contributed by atoms with Crippen molar-refractivity contribution in [3.8, 4) is 0 Å². The molecule has 1 aliphatic rings. The Hall–Kier alpha value is -2.52. The number of nitrogens with zero attached hydrogens (tertiary/aromatic N) is 2. The molecule has 1 aromatic heterocycles. The third-order valence-corrected chi connectivity index (χ3v) is 6.27. The predicted molar refractivity (Wildman–Crippen MR) is 126 cm³/mol. The number of rotatable bonds is 6. The largest absolute Gasteiger partial charge is 0.398 e. The molecule has 3 aromatic rings. The van der Waals surface area contributed by atoms with E-state index in [1.807, 2.05) is 18.2 Å². The highest BCUT2D eigenvalue weighted by molar-refractivity contribution is 6.30. The molecule has 4 heteroatoms.